The fraction of sp³-hybridized carbons (Fsp3) is 0.133. The Hall–Kier alpha value is -1.71. The van der Waals surface area contributed by atoms with E-state index in [4.69, 9.17) is 23.2 Å². The van der Waals surface area contributed by atoms with Crippen molar-refractivity contribution in [1.82, 2.24) is 0 Å². The van der Waals surface area contributed by atoms with Gasteiger partial charge in [0.2, 0.25) is 5.91 Å². The second kappa shape index (κ2) is 5.00. The lowest BCUT2D eigenvalue weighted by molar-refractivity contribution is -0.117. The molecule has 1 amide bonds. The molecule has 3 rings (SSSR count). The van der Waals surface area contributed by atoms with Crippen molar-refractivity contribution in [2.45, 2.75) is 13.0 Å². The first-order valence-corrected chi connectivity index (χ1v) is 6.97. The molecule has 1 heterocycles. The van der Waals surface area contributed by atoms with Crippen LogP contribution < -0.4 is 10.2 Å². The number of amides is 1. The number of nitrogens with zero attached hydrogens (tertiary/aromatic N) is 1. The van der Waals surface area contributed by atoms with Gasteiger partial charge in [0.05, 0.1) is 11.4 Å². The largest absolute Gasteiger partial charge is 0.327 e. The van der Waals surface area contributed by atoms with Crippen LogP contribution in [-0.2, 0) is 4.79 Å². The topological polar surface area (TPSA) is 32.3 Å². The minimum Gasteiger partial charge on any atom is -0.327 e. The molecule has 0 unspecified atom stereocenters. The van der Waals surface area contributed by atoms with Gasteiger partial charge in [-0.2, -0.15) is 0 Å². The third-order valence-electron chi connectivity index (χ3n) is 3.31. The summed E-state index contributed by atoms with van der Waals surface area (Å²) in [7, 11) is 0. The van der Waals surface area contributed by atoms with Crippen molar-refractivity contribution in [2.75, 3.05) is 10.2 Å². The van der Waals surface area contributed by atoms with Gasteiger partial charge in [-0.15, -0.1) is 0 Å². The third kappa shape index (κ3) is 2.23. The van der Waals surface area contributed by atoms with E-state index >= 15 is 0 Å². The second-order valence-corrected chi connectivity index (χ2v) is 5.55. The predicted molar refractivity (Wildman–Crippen MR) is 83.1 cm³/mol. The normalized spacial score (nSPS) is 17.6. The van der Waals surface area contributed by atoms with Gasteiger partial charge in [-0.3, -0.25) is 4.79 Å². The van der Waals surface area contributed by atoms with Crippen molar-refractivity contribution in [3.8, 4) is 0 Å². The number of carbonyl (C=O) groups excluding carboxylic acids is 1. The van der Waals surface area contributed by atoms with E-state index in [1.165, 1.54) is 0 Å². The smallest absolute Gasteiger partial charge is 0.247 e. The van der Waals surface area contributed by atoms with Crippen LogP contribution in [0.4, 0.5) is 17.1 Å². The summed E-state index contributed by atoms with van der Waals surface area (Å²) >= 11 is 12.1. The molecule has 1 aliphatic rings. The Morgan fingerprint density at radius 3 is 2.45 bits per heavy atom. The lowest BCUT2D eigenvalue weighted by atomic mass is 10.1. The maximum absolute atomic E-state index is 12.1. The number of benzene rings is 2. The highest BCUT2D eigenvalue weighted by atomic mass is 35.5. The molecule has 20 heavy (non-hydrogen) atoms. The van der Waals surface area contributed by atoms with Crippen LogP contribution in [0.5, 0.6) is 0 Å². The minimum atomic E-state index is -0.334. The van der Waals surface area contributed by atoms with Crippen molar-refractivity contribution in [3.05, 3.63) is 52.5 Å². The Bertz CT molecular complexity index is 667. The van der Waals surface area contributed by atoms with Gasteiger partial charge in [0, 0.05) is 15.7 Å². The zero-order valence-corrected chi connectivity index (χ0v) is 12.2. The molecule has 2 aromatic carbocycles. The lowest BCUT2D eigenvalue weighted by Crippen LogP contribution is -2.43. The van der Waals surface area contributed by atoms with E-state index < -0.39 is 0 Å². The average molecular weight is 307 g/mol. The highest BCUT2D eigenvalue weighted by Gasteiger charge is 2.30. The second-order valence-electron chi connectivity index (χ2n) is 4.68. The molecule has 0 radical (unpaired) electrons. The Labute approximate surface area is 127 Å². The molecular weight excluding hydrogens is 295 g/mol. The Kier molecular flexibility index (Phi) is 3.32. The third-order valence-corrected chi connectivity index (χ3v) is 3.75. The number of para-hydroxylation sites is 2. The molecule has 102 valence electrons. The minimum absolute atomic E-state index is 0.0557. The first-order chi connectivity index (χ1) is 9.56. The molecule has 1 atom stereocenters. The molecule has 1 N–H and O–H groups in total. The van der Waals surface area contributed by atoms with Gasteiger partial charge < -0.3 is 10.2 Å². The van der Waals surface area contributed by atoms with Gasteiger partial charge in [0.25, 0.3) is 0 Å². The van der Waals surface area contributed by atoms with E-state index in [2.05, 4.69) is 5.32 Å². The molecule has 1 aliphatic heterocycles. The molecule has 0 saturated heterocycles. The fourth-order valence-corrected chi connectivity index (χ4v) is 2.91. The van der Waals surface area contributed by atoms with E-state index in [1.54, 1.807) is 18.2 Å². The molecule has 3 nitrogen and oxygen atoms in total. The summed E-state index contributed by atoms with van der Waals surface area (Å²) in [6.07, 6.45) is 0. The monoisotopic (exact) mass is 306 g/mol. The first kappa shape index (κ1) is 13.3. The summed E-state index contributed by atoms with van der Waals surface area (Å²) in [4.78, 5) is 14.0. The van der Waals surface area contributed by atoms with E-state index in [1.807, 2.05) is 36.1 Å². The fourth-order valence-electron chi connectivity index (χ4n) is 2.39. The van der Waals surface area contributed by atoms with Crippen LogP contribution in [0.25, 0.3) is 0 Å². The Morgan fingerprint density at radius 2 is 1.75 bits per heavy atom. The number of fused-ring (bicyclic) bond motifs is 1. The number of nitrogens with one attached hydrogen (secondary N) is 1. The summed E-state index contributed by atoms with van der Waals surface area (Å²) in [5, 5.41) is 3.98. The van der Waals surface area contributed by atoms with Crippen LogP contribution in [-0.4, -0.2) is 11.9 Å². The number of hydrogen-bond donors (Lipinski definition) is 1. The van der Waals surface area contributed by atoms with Gasteiger partial charge in [0.15, 0.2) is 0 Å². The summed E-state index contributed by atoms with van der Waals surface area (Å²) in [6, 6.07) is 12.6. The molecule has 0 saturated carbocycles. The van der Waals surface area contributed by atoms with Crippen molar-refractivity contribution >= 4 is 46.2 Å². The van der Waals surface area contributed by atoms with Crippen LogP contribution in [0.15, 0.2) is 42.5 Å². The van der Waals surface area contributed by atoms with Gasteiger partial charge >= 0.3 is 0 Å². The maximum Gasteiger partial charge on any atom is 0.247 e. The van der Waals surface area contributed by atoms with Crippen LogP contribution >= 0.6 is 23.2 Å². The van der Waals surface area contributed by atoms with Crippen LogP contribution in [0.3, 0.4) is 0 Å². The molecule has 0 spiro atoms. The maximum atomic E-state index is 12.1. The zero-order chi connectivity index (χ0) is 14.3. The SMILES string of the molecule is C[C@H]1C(=O)Nc2ccccc2N1c1cc(Cl)cc(Cl)c1. The lowest BCUT2D eigenvalue weighted by Gasteiger charge is -2.36. The van der Waals surface area contributed by atoms with Crippen molar-refractivity contribution in [1.29, 1.82) is 0 Å². The highest BCUT2D eigenvalue weighted by Crippen LogP contribution is 2.39. The zero-order valence-electron chi connectivity index (χ0n) is 10.7. The molecular formula is C15H12Cl2N2O. The van der Waals surface area contributed by atoms with E-state index in [0.29, 0.717) is 10.0 Å². The molecule has 0 fully saturated rings. The summed E-state index contributed by atoms with van der Waals surface area (Å²) in [5.41, 5.74) is 2.52. The average Bonchev–Trinajstić information content (AvgIpc) is 2.39. The van der Waals surface area contributed by atoms with Gasteiger partial charge in [-0.05, 0) is 37.3 Å². The number of halogens is 2. The quantitative estimate of drug-likeness (QED) is 0.843. The van der Waals surface area contributed by atoms with Gasteiger partial charge in [0.1, 0.15) is 6.04 Å². The molecule has 5 heteroatoms. The molecule has 0 bridgehead atoms. The molecule has 2 aromatic rings. The number of anilines is 3. The van der Waals surface area contributed by atoms with Crippen molar-refractivity contribution < 1.29 is 4.79 Å². The van der Waals surface area contributed by atoms with E-state index in [9.17, 15) is 4.79 Å². The molecule has 0 aliphatic carbocycles. The standard InChI is InChI=1S/C15H12Cl2N2O/c1-9-15(20)18-13-4-2-3-5-14(13)19(9)12-7-10(16)6-11(17)8-12/h2-9H,1H3,(H,18,20)/t9-/m0/s1. The number of hydrogen-bond acceptors (Lipinski definition) is 2. The van der Waals surface area contributed by atoms with Gasteiger partial charge in [-0.1, -0.05) is 35.3 Å². The highest BCUT2D eigenvalue weighted by molar-refractivity contribution is 6.35. The van der Waals surface area contributed by atoms with Crippen LogP contribution in [0.1, 0.15) is 6.92 Å². The van der Waals surface area contributed by atoms with E-state index in [0.717, 1.165) is 17.1 Å². The predicted octanol–water partition coefficient (Wildman–Crippen LogP) is 4.47. The van der Waals surface area contributed by atoms with Gasteiger partial charge in [-0.25, -0.2) is 0 Å². The van der Waals surface area contributed by atoms with E-state index in [-0.39, 0.29) is 11.9 Å². The summed E-state index contributed by atoms with van der Waals surface area (Å²) < 4.78 is 0. The van der Waals surface area contributed by atoms with Crippen molar-refractivity contribution in [3.63, 3.8) is 0 Å². The molecule has 0 aromatic heterocycles. The Morgan fingerprint density at radius 1 is 1.10 bits per heavy atom. The van der Waals surface area contributed by atoms with Crippen LogP contribution in [0, 0.1) is 0 Å². The summed E-state index contributed by atoms with van der Waals surface area (Å²) in [5.74, 6) is -0.0557. The van der Waals surface area contributed by atoms with Crippen molar-refractivity contribution in [2.24, 2.45) is 0 Å². The summed E-state index contributed by atoms with van der Waals surface area (Å²) in [6.45, 7) is 1.85. The first-order valence-electron chi connectivity index (χ1n) is 6.21. The Balaban J connectivity index is 2.18. The van der Waals surface area contributed by atoms with Crippen LogP contribution in [0.2, 0.25) is 10.0 Å². The number of rotatable bonds is 1. The number of carbonyl (C=O) groups is 1.